The first-order valence-electron chi connectivity index (χ1n) is 2.62. The van der Waals surface area contributed by atoms with Crippen LogP contribution in [-0.4, -0.2) is 19.8 Å². The van der Waals surface area contributed by atoms with Crippen LogP contribution >= 0.6 is 0 Å². The summed E-state index contributed by atoms with van der Waals surface area (Å²) in [4.78, 5) is 0. The van der Waals surface area contributed by atoms with Gasteiger partial charge in [0.15, 0.2) is 0 Å². The molecule has 0 aromatic heterocycles. The third-order valence-corrected chi connectivity index (χ3v) is 0.717. The van der Waals surface area contributed by atoms with E-state index >= 15 is 0 Å². The molecule has 1 N–H and O–H groups in total. The number of nitrogens with one attached hydrogen (secondary N) is 1. The van der Waals surface area contributed by atoms with Crippen molar-refractivity contribution >= 4 is 0 Å². The Balaban J connectivity index is 2.65. The highest BCUT2D eigenvalue weighted by molar-refractivity contribution is 4.83. The Kier molecular flexibility index (Phi) is 6.01. The fraction of sp³-hybridized carbons (Fsp3) is 0.667. The minimum Gasteiger partial charge on any atom is -0.313 e. The average molecular weight is 115 g/mol. The topological polar surface area (TPSA) is 12.0 Å². The smallest absolute Gasteiger partial charge is 0.102 e. The van der Waals surface area contributed by atoms with E-state index in [2.05, 4.69) is 11.2 Å². The zero-order valence-electron chi connectivity index (χ0n) is 4.78. The maximum absolute atomic E-state index is 11.3. The number of hydrogen-bond acceptors (Lipinski definition) is 1. The number of halogens is 1. The second kappa shape index (κ2) is 6.45. The summed E-state index contributed by atoms with van der Waals surface area (Å²) in [6, 6.07) is 0. The normalized spacial score (nSPS) is 8.50. The molecule has 0 rings (SSSR count). The molecule has 0 atom stereocenters. The van der Waals surface area contributed by atoms with E-state index in [0.717, 1.165) is 6.54 Å². The Bertz CT molecular complexity index is 75.1. The van der Waals surface area contributed by atoms with E-state index in [4.69, 9.17) is 6.42 Å². The molecule has 0 aromatic rings. The first-order valence-corrected chi connectivity index (χ1v) is 2.62. The Morgan fingerprint density at radius 2 is 2.25 bits per heavy atom. The van der Waals surface area contributed by atoms with E-state index in [1.807, 2.05) is 0 Å². The van der Waals surface area contributed by atoms with Gasteiger partial charge in [-0.2, -0.15) is 0 Å². The molecule has 0 fully saturated rings. The maximum Gasteiger partial charge on any atom is 0.102 e. The van der Waals surface area contributed by atoms with Gasteiger partial charge in [0.25, 0.3) is 0 Å². The third kappa shape index (κ3) is 5.45. The van der Waals surface area contributed by atoms with Crippen molar-refractivity contribution in [3.05, 3.63) is 0 Å². The highest BCUT2D eigenvalue weighted by Gasteiger charge is 1.80. The largest absolute Gasteiger partial charge is 0.313 e. The molecule has 1 nitrogen and oxygen atoms in total. The molecule has 0 aliphatic heterocycles. The number of alkyl halides is 1. The molecule has 0 spiro atoms. The van der Waals surface area contributed by atoms with Crippen LogP contribution in [0.25, 0.3) is 0 Å². The van der Waals surface area contributed by atoms with E-state index in [9.17, 15) is 4.39 Å². The zero-order chi connectivity index (χ0) is 6.24. The molecule has 0 aliphatic rings. The van der Waals surface area contributed by atoms with Crippen LogP contribution in [0.15, 0.2) is 0 Å². The van der Waals surface area contributed by atoms with Crippen LogP contribution in [0.1, 0.15) is 6.42 Å². The summed E-state index contributed by atoms with van der Waals surface area (Å²) in [7, 11) is 0. The fourth-order valence-corrected chi connectivity index (χ4v) is 0.352. The molecule has 2 heteroatoms. The summed E-state index contributed by atoms with van der Waals surface area (Å²) < 4.78 is 11.3. The molecule has 0 aromatic carbocycles. The molecule has 0 bridgehead atoms. The standard InChI is InChI=1S/C6H10FN/c1-2-3-5-8-6-4-7/h1,8H,3-6H2. The van der Waals surface area contributed by atoms with Gasteiger partial charge >= 0.3 is 0 Å². The van der Waals surface area contributed by atoms with Gasteiger partial charge in [-0.3, -0.25) is 0 Å². The van der Waals surface area contributed by atoms with Gasteiger partial charge in [-0.15, -0.1) is 12.3 Å². The maximum atomic E-state index is 11.3. The molecule has 0 saturated carbocycles. The lowest BCUT2D eigenvalue weighted by molar-refractivity contribution is 0.469. The van der Waals surface area contributed by atoms with Crippen LogP contribution < -0.4 is 5.32 Å². The van der Waals surface area contributed by atoms with Crippen LogP contribution in [-0.2, 0) is 0 Å². The molecule has 0 aliphatic carbocycles. The van der Waals surface area contributed by atoms with E-state index in [1.54, 1.807) is 0 Å². The Hall–Kier alpha value is -0.550. The minimum atomic E-state index is -0.315. The van der Waals surface area contributed by atoms with Crippen LogP contribution in [0.3, 0.4) is 0 Å². The van der Waals surface area contributed by atoms with Gasteiger partial charge < -0.3 is 5.32 Å². The number of terminal acetylenes is 1. The second-order valence-electron chi connectivity index (χ2n) is 1.39. The highest BCUT2D eigenvalue weighted by atomic mass is 19.1. The van der Waals surface area contributed by atoms with E-state index in [0.29, 0.717) is 13.0 Å². The SMILES string of the molecule is C#CCCNCCF. The monoisotopic (exact) mass is 115 g/mol. The first-order chi connectivity index (χ1) is 3.91. The van der Waals surface area contributed by atoms with Gasteiger partial charge in [0.05, 0.1) is 0 Å². The van der Waals surface area contributed by atoms with Crippen molar-refractivity contribution in [2.75, 3.05) is 19.8 Å². The number of hydrogen-bond donors (Lipinski definition) is 1. The summed E-state index contributed by atoms with van der Waals surface area (Å²) in [5.41, 5.74) is 0. The second-order valence-corrected chi connectivity index (χ2v) is 1.39. The number of rotatable bonds is 4. The van der Waals surface area contributed by atoms with Gasteiger partial charge in [-0.25, -0.2) is 4.39 Å². The summed E-state index contributed by atoms with van der Waals surface area (Å²) in [6.07, 6.45) is 5.61. The molecular weight excluding hydrogens is 105 g/mol. The average Bonchev–Trinajstić information content (AvgIpc) is 1.81. The summed E-state index contributed by atoms with van der Waals surface area (Å²) in [5, 5.41) is 2.82. The van der Waals surface area contributed by atoms with Crippen molar-refractivity contribution in [2.24, 2.45) is 0 Å². The zero-order valence-corrected chi connectivity index (χ0v) is 4.78. The van der Waals surface area contributed by atoms with Gasteiger partial charge in [-0.05, 0) is 0 Å². The van der Waals surface area contributed by atoms with Crippen molar-refractivity contribution in [1.82, 2.24) is 5.32 Å². The summed E-state index contributed by atoms with van der Waals surface area (Å²) in [6.45, 7) is 0.826. The summed E-state index contributed by atoms with van der Waals surface area (Å²) >= 11 is 0. The van der Waals surface area contributed by atoms with Gasteiger partial charge in [0, 0.05) is 19.5 Å². The molecule has 0 amide bonds. The third-order valence-electron chi connectivity index (χ3n) is 0.717. The first kappa shape index (κ1) is 7.45. The minimum absolute atomic E-state index is 0.315. The van der Waals surface area contributed by atoms with Crippen molar-refractivity contribution in [3.63, 3.8) is 0 Å². The van der Waals surface area contributed by atoms with Crippen LogP contribution in [0.2, 0.25) is 0 Å². The van der Waals surface area contributed by atoms with Crippen molar-refractivity contribution in [3.8, 4) is 12.3 Å². The Morgan fingerprint density at radius 3 is 2.75 bits per heavy atom. The van der Waals surface area contributed by atoms with Crippen molar-refractivity contribution < 1.29 is 4.39 Å². The summed E-state index contributed by atoms with van der Waals surface area (Å²) in [5.74, 6) is 2.44. The Morgan fingerprint density at radius 1 is 1.50 bits per heavy atom. The van der Waals surface area contributed by atoms with Crippen molar-refractivity contribution in [2.45, 2.75) is 6.42 Å². The lowest BCUT2D eigenvalue weighted by Crippen LogP contribution is -2.17. The van der Waals surface area contributed by atoms with Gasteiger partial charge in [0.1, 0.15) is 6.67 Å². The Labute approximate surface area is 49.3 Å². The quantitative estimate of drug-likeness (QED) is 0.417. The van der Waals surface area contributed by atoms with Gasteiger partial charge in [0.2, 0.25) is 0 Å². The van der Waals surface area contributed by atoms with E-state index < -0.39 is 0 Å². The van der Waals surface area contributed by atoms with Crippen molar-refractivity contribution in [1.29, 1.82) is 0 Å². The molecule has 0 unspecified atom stereocenters. The van der Waals surface area contributed by atoms with E-state index in [-0.39, 0.29) is 6.67 Å². The fourth-order valence-electron chi connectivity index (χ4n) is 0.352. The molecule has 0 heterocycles. The lowest BCUT2D eigenvalue weighted by atomic mass is 10.4. The highest BCUT2D eigenvalue weighted by Crippen LogP contribution is 1.69. The molecule has 46 valence electrons. The lowest BCUT2D eigenvalue weighted by Gasteiger charge is -1.93. The molecule has 8 heavy (non-hydrogen) atoms. The van der Waals surface area contributed by atoms with Crippen LogP contribution in [0.4, 0.5) is 4.39 Å². The van der Waals surface area contributed by atoms with Crippen LogP contribution in [0, 0.1) is 12.3 Å². The van der Waals surface area contributed by atoms with Crippen LogP contribution in [0.5, 0.6) is 0 Å². The van der Waals surface area contributed by atoms with Gasteiger partial charge in [-0.1, -0.05) is 0 Å². The molecule has 0 saturated heterocycles. The van der Waals surface area contributed by atoms with E-state index in [1.165, 1.54) is 0 Å². The molecular formula is C6H10FN. The molecule has 0 radical (unpaired) electrons. The predicted octanol–water partition coefficient (Wildman–Crippen LogP) is 0.569. The predicted molar refractivity (Wildman–Crippen MR) is 32.3 cm³/mol.